The summed E-state index contributed by atoms with van der Waals surface area (Å²) in [7, 11) is -1.28. The fourth-order valence-electron chi connectivity index (χ4n) is 2.19. The van der Waals surface area contributed by atoms with Crippen LogP contribution in [0.1, 0.15) is 24.6 Å². The third kappa shape index (κ3) is 3.70. The molecule has 1 aliphatic carbocycles. The van der Waals surface area contributed by atoms with E-state index >= 15 is 0 Å². The van der Waals surface area contributed by atoms with Gasteiger partial charge in [0.1, 0.15) is 23.3 Å². The van der Waals surface area contributed by atoms with E-state index in [1.165, 1.54) is 4.09 Å². The Hall–Kier alpha value is -2.06. The smallest absolute Gasteiger partial charge is 0.172 e. The van der Waals surface area contributed by atoms with Crippen LogP contribution in [0.5, 0.6) is 5.75 Å². The Bertz CT molecular complexity index is 769. The number of benzene rings is 1. The van der Waals surface area contributed by atoms with Crippen LogP contribution in [-0.2, 0) is 11.0 Å². The molecule has 1 aromatic heterocycles. The van der Waals surface area contributed by atoms with Gasteiger partial charge in [0.15, 0.2) is 11.6 Å². The molecule has 1 aliphatic rings. The average Bonchev–Trinajstić information content (AvgIpc) is 3.35. The molecule has 1 unspecified atom stereocenters. The highest BCUT2D eigenvalue weighted by atomic mass is 32.2. The van der Waals surface area contributed by atoms with E-state index in [1.54, 1.807) is 18.4 Å². The molecule has 0 radical (unpaired) electrons. The topological polar surface area (TPSA) is 83.0 Å². The van der Waals surface area contributed by atoms with Crippen LogP contribution in [0.15, 0.2) is 36.2 Å². The van der Waals surface area contributed by atoms with Gasteiger partial charge in [-0.2, -0.15) is 4.09 Å². The maximum absolute atomic E-state index is 12.5. The molecule has 8 heteroatoms. The van der Waals surface area contributed by atoms with Gasteiger partial charge in [0.25, 0.3) is 0 Å². The Morgan fingerprint density at radius 3 is 2.71 bits per heavy atom. The Morgan fingerprint density at radius 2 is 2.17 bits per heavy atom. The molecule has 128 valence electrons. The van der Waals surface area contributed by atoms with E-state index in [4.69, 9.17) is 10.5 Å². The van der Waals surface area contributed by atoms with Gasteiger partial charge in [-0.25, -0.2) is 13.6 Å². The van der Waals surface area contributed by atoms with Crippen molar-refractivity contribution in [3.63, 3.8) is 0 Å². The predicted molar refractivity (Wildman–Crippen MR) is 90.6 cm³/mol. The minimum Gasteiger partial charge on any atom is -0.489 e. The lowest BCUT2D eigenvalue weighted by molar-refractivity contribution is 0.347. The number of aromatic nitrogens is 3. The third-order valence-corrected chi connectivity index (χ3v) is 4.48. The molecule has 1 heterocycles. The first-order valence-corrected chi connectivity index (χ1v) is 9.16. The van der Waals surface area contributed by atoms with Crippen LogP contribution < -0.4 is 10.5 Å². The van der Waals surface area contributed by atoms with Crippen molar-refractivity contribution in [2.24, 2.45) is 5.73 Å². The van der Waals surface area contributed by atoms with Crippen molar-refractivity contribution in [1.82, 2.24) is 14.2 Å². The molecule has 2 N–H and O–H groups in total. The number of nitrogens with two attached hydrogens (primary N) is 1. The van der Waals surface area contributed by atoms with E-state index in [0.717, 1.165) is 24.2 Å². The second-order valence-corrected chi connectivity index (χ2v) is 6.84. The molecular weight excluding hydrogens is 331 g/mol. The molecule has 1 saturated carbocycles. The monoisotopic (exact) mass is 350 g/mol. The highest BCUT2D eigenvalue weighted by Gasteiger charge is 2.29. The number of hydrogen-bond donors (Lipinski definition) is 1. The zero-order valence-corrected chi connectivity index (χ0v) is 14.1. The lowest BCUT2D eigenvalue weighted by atomic mass is 10.2. The standard InChI is InChI=1S/C16H19FN4O2S/c1-24(22)21-16(19-15(20-21)12-2-3-12)13-4-6-14(7-5-13)23-10-11(8-17)9-18/h4-8,12H,2-3,9-10,18H2,1H3/b11-8+. The summed E-state index contributed by atoms with van der Waals surface area (Å²) >= 11 is 0. The first kappa shape index (κ1) is 16.8. The molecule has 0 aliphatic heterocycles. The summed E-state index contributed by atoms with van der Waals surface area (Å²) in [5.74, 6) is 2.31. The van der Waals surface area contributed by atoms with Gasteiger partial charge in [0.2, 0.25) is 0 Å². The molecule has 0 spiro atoms. The molecule has 24 heavy (non-hydrogen) atoms. The van der Waals surface area contributed by atoms with Crippen molar-refractivity contribution in [2.45, 2.75) is 18.8 Å². The Morgan fingerprint density at radius 1 is 1.46 bits per heavy atom. The number of halogens is 1. The van der Waals surface area contributed by atoms with Gasteiger partial charge < -0.3 is 10.5 Å². The second-order valence-electron chi connectivity index (χ2n) is 5.65. The maximum atomic E-state index is 12.5. The van der Waals surface area contributed by atoms with Crippen LogP contribution in [0.3, 0.4) is 0 Å². The molecule has 1 aromatic carbocycles. The maximum Gasteiger partial charge on any atom is 0.172 e. The molecule has 0 amide bonds. The van der Waals surface area contributed by atoms with Crippen molar-refractivity contribution < 1.29 is 13.3 Å². The van der Waals surface area contributed by atoms with Gasteiger partial charge in [-0.05, 0) is 37.1 Å². The Labute approximate surface area is 142 Å². The summed E-state index contributed by atoms with van der Waals surface area (Å²) in [6.07, 6.45) is 4.20. The van der Waals surface area contributed by atoms with Gasteiger partial charge in [-0.1, -0.05) is 0 Å². The van der Waals surface area contributed by atoms with Crippen LogP contribution in [0.4, 0.5) is 4.39 Å². The lowest BCUT2D eigenvalue weighted by Crippen LogP contribution is -2.10. The molecule has 3 rings (SSSR count). The van der Waals surface area contributed by atoms with Gasteiger partial charge in [0.05, 0.1) is 6.33 Å². The quantitative estimate of drug-likeness (QED) is 0.827. The number of rotatable bonds is 7. The largest absolute Gasteiger partial charge is 0.489 e. The minimum absolute atomic E-state index is 0.104. The van der Waals surface area contributed by atoms with Crippen molar-refractivity contribution in [3.05, 3.63) is 42.0 Å². The van der Waals surface area contributed by atoms with Gasteiger partial charge in [-0.15, -0.1) is 5.10 Å². The van der Waals surface area contributed by atoms with E-state index in [1.807, 2.05) is 12.1 Å². The predicted octanol–water partition coefficient (Wildman–Crippen LogP) is 2.16. The van der Waals surface area contributed by atoms with Crippen molar-refractivity contribution in [2.75, 3.05) is 19.4 Å². The zero-order chi connectivity index (χ0) is 17.1. The molecule has 0 saturated heterocycles. The summed E-state index contributed by atoms with van der Waals surface area (Å²) in [6, 6.07) is 7.16. The molecule has 1 fully saturated rings. The van der Waals surface area contributed by atoms with Crippen LogP contribution in [0, 0.1) is 0 Å². The third-order valence-electron chi connectivity index (χ3n) is 3.73. The Balaban J connectivity index is 1.79. The zero-order valence-electron chi connectivity index (χ0n) is 13.3. The van der Waals surface area contributed by atoms with Crippen LogP contribution in [-0.4, -0.2) is 37.8 Å². The number of nitrogens with zero attached hydrogens (tertiary/aromatic N) is 3. The highest BCUT2D eigenvalue weighted by Crippen LogP contribution is 2.39. The lowest BCUT2D eigenvalue weighted by Gasteiger charge is -2.08. The minimum atomic E-state index is -1.28. The van der Waals surface area contributed by atoms with Crippen molar-refractivity contribution in [1.29, 1.82) is 0 Å². The van der Waals surface area contributed by atoms with E-state index < -0.39 is 11.0 Å². The first-order valence-electron chi connectivity index (χ1n) is 7.64. The van der Waals surface area contributed by atoms with Crippen LogP contribution in [0.25, 0.3) is 11.4 Å². The van der Waals surface area contributed by atoms with Crippen LogP contribution >= 0.6 is 0 Å². The first-order chi connectivity index (χ1) is 11.6. The van der Waals surface area contributed by atoms with Crippen molar-refractivity contribution in [3.8, 4) is 17.1 Å². The molecule has 2 aromatic rings. The van der Waals surface area contributed by atoms with E-state index in [2.05, 4.69) is 10.1 Å². The average molecular weight is 350 g/mol. The molecule has 0 bridgehead atoms. The second kappa shape index (κ2) is 7.23. The van der Waals surface area contributed by atoms with Crippen LogP contribution in [0.2, 0.25) is 0 Å². The van der Waals surface area contributed by atoms with E-state index in [9.17, 15) is 8.60 Å². The van der Waals surface area contributed by atoms with E-state index in [-0.39, 0.29) is 13.2 Å². The number of hydrogen-bond acceptors (Lipinski definition) is 5. The fraction of sp³-hybridized carbons (Fsp3) is 0.375. The Kier molecular flexibility index (Phi) is 5.06. The summed E-state index contributed by atoms with van der Waals surface area (Å²) in [6.45, 7) is 0.220. The molecular formula is C16H19FN4O2S. The molecule has 6 nitrogen and oxygen atoms in total. The number of ether oxygens (including phenoxy) is 1. The summed E-state index contributed by atoms with van der Waals surface area (Å²) in [5, 5.41) is 4.36. The highest BCUT2D eigenvalue weighted by molar-refractivity contribution is 7.82. The van der Waals surface area contributed by atoms with Gasteiger partial charge in [0, 0.05) is 29.9 Å². The summed E-state index contributed by atoms with van der Waals surface area (Å²) in [5.41, 5.74) is 6.58. The fourth-order valence-corrected chi connectivity index (χ4v) is 2.78. The normalized spacial score (nSPS) is 16.2. The van der Waals surface area contributed by atoms with Gasteiger partial charge >= 0.3 is 0 Å². The SMILES string of the molecule is CS(=O)n1nc(C2CC2)nc1-c1ccc(OC/C(=C/F)CN)cc1. The summed E-state index contributed by atoms with van der Waals surface area (Å²) in [4.78, 5) is 4.54. The van der Waals surface area contributed by atoms with Gasteiger partial charge in [-0.3, -0.25) is 0 Å². The van der Waals surface area contributed by atoms with Crippen molar-refractivity contribution >= 4 is 11.0 Å². The summed E-state index contributed by atoms with van der Waals surface area (Å²) < 4.78 is 31.3. The molecule has 1 atom stereocenters. The van der Waals surface area contributed by atoms with E-state index in [0.29, 0.717) is 29.4 Å².